The van der Waals surface area contributed by atoms with Gasteiger partial charge >= 0.3 is 0 Å². The number of aromatic nitrogens is 5. The van der Waals surface area contributed by atoms with Crippen LogP contribution in [0.1, 0.15) is 44.3 Å². The fourth-order valence-corrected chi connectivity index (χ4v) is 5.51. The third-order valence-electron chi connectivity index (χ3n) is 7.46. The minimum atomic E-state index is 0.512. The number of hydrogen-bond acceptors (Lipinski definition) is 7. The highest BCUT2D eigenvalue weighted by atomic mass is 15.3. The lowest BCUT2D eigenvalue weighted by Gasteiger charge is -2.36. The topological polar surface area (TPSA) is 75.0 Å². The van der Waals surface area contributed by atoms with Crippen molar-refractivity contribution in [3.05, 3.63) is 42.5 Å². The average Bonchev–Trinajstić information content (AvgIpc) is 3.54. The van der Waals surface area contributed by atoms with Crippen LogP contribution in [0.15, 0.2) is 36.8 Å². The number of aryl methyl sites for hydroxylation is 1. The van der Waals surface area contributed by atoms with Gasteiger partial charge in [0, 0.05) is 43.8 Å². The van der Waals surface area contributed by atoms with Gasteiger partial charge in [-0.3, -0.25) is 0 Å². The van der Waals surface area contributed by atoms with E-state index in [1.54, 1.807) is 0 Å². The predicted molar refractivity (Wildman–Crippen MR) is 137 cm³/mol. The summed E-state index contributed by atoms with van der Waals surface area (Å²) >= 11 is 0. The van der Waals surface area contributed by atoms with Crippen LogP contribution in [0.2, 0.25) is 0 Å². The maximum Gasteiger partial charge on any atom is 0.228 e. The van der Waals surface area contributed by atoms with Gasteiger partial charge in [-0.1, -0.05) is 19.8 Å². The van der Waals surface area contributed by atoms with Crippen LogP contribution >= 0.6 is 0 Å². The number of nitrogens with one attached hydrogen (secondary N) is 1. The maximum absolute atomic E-state index is 4.92. The lowest BCUT2D eigenvalue weighted by molar-refractivity contribution is 0.271. The smallest absolute Gasteiger partial charge is 0.228 e. The number of nitrogens with zero attached hydrogens (tertiary/aromatic N) is 7. The van der Waals surface area contributed by atoms with Gasteiger partial charge < -0.3 is 19.7 Å². The van der Waals surface area contributed by atoms with Crippen LogP contribution in [0.4, 0.5) is 17.5 Å². The van der Waals surface area contributed by atoms with E-state index in [9.17, 15) is 0 Å². The van der Waals surface area contributed by atoms with Crippen LogP contribution in [-0.4, -0.2) is 62.1 Å². The lowest BCUT2D eigenvalue weighted by atomic mass is 10.2. The van der Waals surface area contributed by atoms with Gasteiger partial charge in [-0.05, 0) is 50.6 Å². The molecule has 176 valence electrons. The minimum absolute atomic E-state index is 0.512. The van der Waals surface area contributed by atoms with Crippen molar-refractivity contribution in [1.82, 2.24) is 29.4 Å². The SMILES string of the molecule is CCN1CCN(c2ccc(Nc3ncc4ccc5ncn(C6CCCC6)c5c4n3)nc2C)CC1. The van der Waals surface area contributed by atoms with Gasteiger partial charge in [0.1, 0.15) is 11.3 Å². The molecule has 1 aliphatic carbocycles. The molecule has 8 nitrogen and oxygen atoms in total. The zero-order chi connectivity index (χ0) is 23.1. The van der Waals surface area contributed by atoms with E-state index in [4.69, 9.17) is 9.97 Å². The third-order valence-corrected chi connectivity index (χ3v) is 7.46. The zero-order valence-corrected chi connectivity index (χ0v) is 20.0. The Bertz CT molecular complexity index is 1320. The summed E-state index contributed by atoms with van der Waals surface area (Å²) in [4.78, 5) is 23.9. The van der Waals surface area contributed by atoms with E-state index in [1.807, 2.05) is 18.6 Å². The number of piperazine rings is 1. The summed E-state index contributed by atoms with van der Waals surface area (Å²) < 4.78 is 2.33. The van der Waals surface area contributed by atoms with Crippen LogP contribution < -0.4 is 10.2 Å². The summed E-state index contributed by atoms with van der Waals surface area (Å²) in [7, 11) is 0. The largest absolute Gasteiger partial charge is 0.368 e. The molecule has 6 rings (SSSR count). The summed E-state index contributed by atoms with van der Waals surface area (Å²) in [6, 6.07) is 8.84. The van der Waals surface area contributed by atoms with Crippen molar-refractivity contribution in [2.24, 2.45) is 0 Å². The second-order valence-electron chi connectivity index (χ2n) is 9.50. The number of imidazole rings is 1. The van der Waals surface area contributed by atoms with Crippen molar-refractivity contribution in [1.29, 1.82) is 0 Å². The molecule has 8 heteroatoms. The maximum atomic E-state index is 4.92. The Morgan fingerprint density at radius 3 is 2.56 bits per heavy atom. The van der Waals surface area contributed by atoms with Gasteiger partial charge in [0.2, 0.25) is 5.95 Å². The molecular weight excluding hydrogens is 424 g/mol. The predicted octanol–water partition coefficient (Wildman–Crippen LogP) is 4.68. The fourth-order valence-electron chi connectivity index (χ4n) is 5.51. The highest BCUT2D eigenvalue weighted by Gasteiger charge is 2.21. The van der Waals surface area contributed by atoms with Crippen LogP contribution in [-0.2, 0) is 0 Å². The molecule has 34 heavy (non-hydrogen) atoms. The number of rotatable bonds is 5. The summed E-state index contributed by atoms with van der Waals surface area (Å²) in [5.74, 6) is 1.33. The van der Waals surface area contributed by atoms with Crippen molar-refractivity contribution in [2.45, 2.75) is 45.6 Å². The number of hydrogen-bond donors (Lipinski definition) is 1. The molecule has 1 aromatic carbocycles. The molecule has 1 saturated heterocycles. The van der Waals surface area contributed by atoms with Crippen LogP contribution in [0.25, 0.3) is 21.9 Å². The molecule has 0 radical (unpaired) electrons. The number of anilines is 3. The Labute approximate surface area is 200 Å². The van der Waals surface area contributed by atoms with Gasteiger partial charge in [-0.15, -0.1) is 0 Å². The molecule has 2 aliphatic rings. The van der Waals surface area contributed by atoms with Crippen molar-refractivity contribution in [3.63, 3.8) is 0 Å². The molecule has 1 saturated carbocycles. The fraction of sp³-hybridized carbons (Fsp3) is 0.462. The Hall–Kier alpha value is -3.26. The lowest BCUT2D eigenvalue weighted by Crippen LogP contribution is -2.46. The van der Waals surface area contributed by atoms with Crippen molar-refractivity contribution < 1.29 is 0 Å². The molecule has 2 fully saturated rings. The van der Waals surface area contributed by atoms with Gasteiger partial charge in [0.25, 0.3) is 0 Å². The first-order valence-electron chi connectivity index (χ1n) is 12.5. The van der Waals surface area contributed by atoms with E-state index < -0.39 is 0 Å². The molecule has 1 aliphatic heterocycles. The molecule has 1 N–H and O–H groups in total. The van der Waals surface area contributed by atoms with E-state index in [2.05, 4.69) is 61.7 Å². The zero-order valence-electron chi connectivity index (χ0n) is 20.0. The van der Waals surface area contributed by atoms with Gasteiger partial charge in [-0.2, -0.15) is 0 Å². The van der Waals surface area contributed by atoms with Crippen molar-refractivity contribution in [3.8, 4) is 0 Å². The normalized spacial score (nSPS) is 17.8. The number of likely N-dealkylation sites (N-methyl/N-ethyl adjacent to an activating group) is 1. The first-order chi connectivity index (χ1) is 16.7. The average molecular weight is 457 g/mol. The molecule has 0 amide bonds. The van der Waals surface area contributed by atoms with E-state index >= 15 is 0 Å². The van der Waals surface area contributed by atoms with Gasteiger partial charge in [-0.25, -0.2) is 19.9 Å². The molecule has 0 atom stereocenters. The number of benzene rings is 1. The molecule has 0 spiro atoms. The van der Waals surface area contributed by atoms with E-state index in [-0.39, 0.29) is 0 Å². The van der Waals surface area contributed by atoms with Gasteiger partial charge in [0.15, 0.2) is 0 Å². The molecule has 4 heterocycles. The summed E-state index contributed by atoms with van der Waals surface area (Å²) in [5, 5.41) is 4.37. The Morgan fingerprint density at radius 1 is 0.971 bits per heavy atom. The van der Waals surface area contributed by atoms with Gasteiger partial charge in [0.05, 0.1) is 28.7 Å². The number of fused-ring (bicyclic) bond motifs is 3. The molecule has 3 aromatic heterocycles. The quantitative estimate of drug-likeness (QED) is 0.467. The summed E-state index contributed by atoms with van der Waals surface area (Å²) in [5.41, 5.74) is 5.29. The standard InChI is InChI=1S/C26H32N8/c1-3-32-12-14-33(15-13-32)22-10-11-23(29-18(22)2)30-26-27-16-19-8-9-21-25(24(19)31-26)34(17-28-21)20-6-4-5-7-20/h8-11,16-17,20H,3-7,12-15H2,1-2H3,(H,27,29,30,31). The third kappa shape index (κ3) is 3.86. The molecule has 0 bridgehead atoms. The Kier molecular flexibility index (Phi) is 5.53. The van der Waals surface area contributed by atoms with Crippen LogP contribution in [0.3, 0.4) is 0 Å². The molecule has 4 aromatic rings. The van der Waals surface area contributed by atoms with Crippen molar-refractivity contribution in [2.75, 3.05) is 42.9 Å². The van der Waals surface area contributed by atoms with E-state index in [0.29, 0.717) is 12.0 Å². The highest BCUT2D eigenvalue weighted by molar-refractivity contribution is 6.02. The first-order valence-corrected chi connectivity index (χ1v) is 12.5. The van der Waals surface area contributed by atoms with Crippen LogP contribution in [0.5, 0.6) is 0 Å². The monoisotopic (exact) mass is 456 g/mol. The molecule has 0 unspecified atom stereocenters. The van der Waals surface area contributed by atoms with Crippen molar-refractivity contribution >= 4 is 39.4 Å². The van der Waals surface area contributed by atoms with E-state index in [0.717, 1.165) is 66.2 Å². The second-order valence-corrected chi connectivity index (χ2v) is 9.50. The summed E-state index contributed by atoms with van der Waals surface area (Å²) in [6.45, 7) is 9.72. The van der Waals surface area contributed by atoms with E-state index in [1.165, 1.54) is 31.4 Å². The minimum Gasteiger partial charge on any atom is -0.368 e. The Balaban J connectivity index is 1.28. The number of pyridine rings is 1. The van der Waals surface area contributed by atoms with Crippen LogP contribution in [0, 0.1) is 6.92 Å². The Morgan fingerprint density at radius 2 is 1.79 bits per heavy atom. The highest BCUT2D eigenvalue weighted by Crippen LogP contribution is 2.34. The molecular formula is C26H32N8. The first kappa shape index (κ1) is 21.3. The second kappa shape index (κ2) is 8.83. The summed E-state index contributed by atoms with van der Waals surface area (Å²) in [6.07, 6.45) is 8.87.